The van der Waals surface area contributed by atoms with Gasteiger partial charge in [-0.1, -0.05) is 13.3 Å². The SMILES string of the molecule is CCCC1CC=C(CCC(=O)Oc2ccc(OCC)c(F)c2F)OC1. The summed E-state index contributed by atoms with van der Waals surface area (Å²) in [6.45, 7) is 4.67. The molecule has 0 N–H and O–H groups in total. The normalized spacial score (nSPS) is 16.8. The first-order valence-electron chi connectivity index (χ1n) is 8.68. The van der Waals surface area contributed by atoms with E-state index in [9.17, 15) is 13.6 Å². The summed E-state index contributed by atoms with van der Waals surface area (Å²) in [5.74, 6) is -2.39. The Morgan fingerprint density at radius 3 is 2.60 bits per heavy atom. The summed E-state index contributed by atoms with van der Waals surface area (Å²) < 4.78 is 43.1. The van der Waals surface area contributed by atoms with Gasteiger partial charge in [0.15, 0.2) is 11.5 Å². The van der Waals surface area contributed by atoms with Crippen LogP contribution >= 0.6 is 0 Å². The van der Waals surface area contributed by atoms with Gasteiger partial charge < -0.3 is 14.2 Å². The van der Waals surface area contributed by atoms with Crippen LogP contribution in [0.15, 0.2) is 24.0 Å². The lowest BCUT2D eigenvalue weighted by atomic mass is 9.98. The molecule has 2 rings (SSSR count). The predicted molar refractivity (Wildman–Crippen MR) is 89.4 cm³/mol. The number of benzene rings is 1. The topological polar surface area (TPSA) is 44.8 Å². The molecule has 4 nitrogen and oxygen atoms in total. The van der Waals surface area contributed by atoms with Crippen LogP contribution in [-0.2, 0) is 9.53 Å². The second kappa shape index (κ2) is 9.39. The maximum absolute atomic E-state index is 13.9. The molecule has 1 aliphatic rings. The summed E-state index contributed by atoms with van der Waals surface area (Å²) in [6, 6.07) is 2.43. The quantitative estimate of drug-likeness (QED) is 0.498. The van der Waals surface area contributed by atoms with E-state index in [1.54, 1.807) is 6.92 Å². The van der Waals surface area contributed by atoms with Gasteiger partial charge in [0.25, 0.3) is 0 Å². The summed E-state index contributed by atoms with van der Waals surface area (Å²) in [4.78, 5) is 11.9. The van der Waals surface area contributed by atoms with E-state index < -0.39 is 23.4 Å². The molecule has 0 fully saturated rings. The second-order valence-corrected chi connectivity index (χ2v) is 5.97. The molecule has 1 aromatic carbocycles. The first-order valence-corrected chi connectivity index (χ1v) is 8.68. The van der Waals surface area contributed by atoms with Crippen molar-refractivity contribution in [2.45, 2.75) is 46.0 Å². The maximum atomic E-state index is 13.9. The molecule has 0 saturated carbocycles. The van der Waals surface area contributed by atoms with Gasteiger partial charge in [0, 0.05) is 6.42 Å². The number of halogens is 2. The van der Waals surface area contributed by atoms with Gasteiger partial charge in [-0.2, -0.15) is 8.78 Å². The smallest absolute Gasteiger partial charge is 0.311 e. The first-order chi connectivity index (χ1) is 12.0. The molecule has 6 heteroatoms. The molecule has 0 bridgehead atoms. The zero-order valence-electron chi connectivity index (χ0n) is 14.6. The first kappa shape index (κ1) is 19.2. The van der Waals surface area contributed by atoms with Crippen molar-refractivity contribution in [1.82, 2.24) is 0 Å². The summed E-state index contributed by atoms with van der Waals surface area (Å²) in [5.41, 5.74) is 0. The molecule has 1 aliphatic heterocycles. The molecule has 25 heavy (non-hydrogen) atoms. The molecule has 0 radical (unpaired) electrons. The van der Waals surface area contributed by atoms with Crippen LogP contribution in [-0.4, -0.2) is 19.2 Å². The minimum absolute atomic E-state index is 0.0402. The Bertz CT molecular complexity index is 628. The lowest BCUT2D eigenvalue weighted by molar-refractivity contribution is -0.134. The monoisotopic (exact) mass is 354 g/mol. The fraction of sp³-hybridized carbons (Fsp3) is 0.526. The van der Waals surface area contributed by atoms with Gasteiger partial charge in [0.1, 0.15) is 0 Å². The minimum Gasteiger partial charge on any atom is -0.498 e. The largest absolute Gasteiger partial charge is 0.498 e. The molecule has 0 aliphatic carbocycles. The van der Waals surface area contributed by atoms with Crippen LogP contribution < -0.4 is 9.47 Å². The third-order valence-corrected chi connectivity index (χ3v) is 3.99. The Kier molecular flexibility index (Phi) is 7.22. The third kappa shape index (κ3) is 5.44. The number of ether oxygens (including phenoxy) is 3. The van der Waals surface area contributed by atoms with Crippen molar-refractivity contribution >= 4 is 5.97 Å². The van der Waals surface area contributed by atoms with Crippen molar-refractivity contribution in [2.75, 3.05) is 13.2 Å². The van der Waals surface area contributed by atoms with Crippen molar-refractivity contribution in [3.63, 3.8) is 0 Å². The lowest BCUT2D eigenvalue weighted by Gasteiger charge is -2.22. The van der Waals surface area contributed by atoms with Crippen molar-refractivity contribution in [3.05, 3.63) is 35.6 Å². The predicted octanol–water partition coefficient (Wildman–Crippen LogP) is 4.77. The van der Waals surface area contributed by atoms with E-state index in [4.69, 9.17) is 14.2 Å². The molecule has 1 atom stereocenters. The van der Waals surface area contributed by atoms with Crippen LogP contribution in [0, 0.1) is 17.6 Å². The van der Waals surface area contributed by atoms with Crippen molar-refractivity contribution < 1.29 is 27.8 Å². The highest BCUT2D eigenvalue weighted by Gasteiger charge is 2.19. The Hall–Kier alpha value is -2.11. The zero-order valence-corrected chi connectivity index (χ0v) is 14.6. The molecule has 1 heterocycles. The van der Waals surface area contributed by atoms with Crippen LogP contribution in [0.25, 0.3) is 0 Å². The third-order valence-electron chi connectivity index (χ3n) is 3.99. The molecule has 0 amide bonds. The average molecular weight is 354 g/mol. The summed E-state index contributed by atoms with van der Waals surface area (Å²) in [5, 5.41) is 0. The van der Waals surface area contributed by atoms with E-state index in [0.29, 0.717) is 18.9 Å². The molecule has 1 aromatic rings. The average Bonchev–Trinajstić information content (AvgIpc) is 2.61. The molecular formula is C19H24F2O4. The van der Waals surface area contributed by atoms with Gasteiger partial charge in [0.2, 0.25) is 11.6 Å². The second-order valence-electron chi connectivity index (χ2n) is 5.97. The summed E-state index contributed by atoms with van der Waals surface area (Å²) >= 11 is 0. The van der Waals surface area contributed by atoms with E-state index in [0.717, 1.165) is 25.0 Å². The van der Waals surface area contributed by atoms with E-state index >= 15 is 0 Å². The highest BCUT2D eigenvalue weighted by Crippen LogP contribution is 2.28. The fourth-order valence-electron chi connectivity index (χ4n) is 2.69. The molecule has 0 spiro atoms. The Balaban J connectivity index is 1.86. The lowest BCUT2D eigenvalue weighted by Crippen LogP contribution is -2.15. The fourth-order valence-corrected chi connectivity index (χ4v) is 2.69. The van der Waals surface area contributed by atoms with Crippen LogP contribution in [0.4, 0.5) is 8.78 Å². The molecule has 138 valence electrons. The van der Waals surface area contributed by atoms with Gasteiger partial charge in [-0.05, 0) is 43.9 Å². The Morgan fingerprint density at radius 1 is 1.24 bits per heavy atom. The van der Waals surface area contributed by atoms with Crippen molar-refractivity contribution in [2.24, 2.45) is 5.92 Å². The standard InChI is InChI=1S/C19H24F2O4/c1-3-5-13-6-7-14(24-12-13)8-11-17(22)25-16-10-9-15(23-4-2)18(20)19(16)21/h7,9-10,13H,3-6,8,11-12H2,1-2H3. The van der Waals surface area contributed by atoms with Crippen LogP contribution in [0.5, 0.6) is 11.5 Å². The van der Waals surface area contributed by atoms with Gasteiger partial charge in [0.05, 0.1) is 25.4 Å². The molecule has 1 unspecified atom stereocenters. The highest BCUT2D eigenvalue weighted by molar-refractivity contribution is 5.72. The number of rotatable bonds is 8. The van der Waals surface area contributed by atoms with Gasteiger partial charge in [-0.15, -0.1) is 0 Å². The van der Waals surface area contributed by atoms with Crippen LogP contribution in [0.1, 0.15) is 46.0 Å². The number of allylic oxidation sites excluding steroid dienone is 2. The number of hydrogen-bond acceptors (Lipinski definition) is 4. The van der Waals surface area contributed by atoms with Gasteiger partial charge in [-0.25, -0.2) is 0 Å². The summed E-state index contributed by atoms with van der Waals surface area (Å²) in [7, 11) is 0. The van der Waals surface area contributed by atoms with E-state index in [2.05, 4.69) is 6.92 Å². The van der Waals surface area contributed by atoms with Gasteiger partial charge >= 0.3 is 5.97 Å². The number of carbonyl (C=O) groups is 1. The van der Waals surface area contributed by atoms with E-state index in [1.165, 1.54) is 12.1 Å². The molecular weight excluding hydrogens is 330 g/mol. The molecule has 0 saturated heterocycles. The summed E-state index contributed by atoms with van der Waals surface area (Å²) in [6.07, 6.45) is 5.60. The number of esters is 1. The Morgan fingerprint density at radius 2 is 1.96 bits per heavy atom. The minimum atomic E-state index is -1.23. The highest BCUT2D eigenvalue weighted by atomic mass is 19.2. The van der Waals surface area contributed by atoms with Crippen molar-refractivity contribution in [3.8, 4) is 11.5 Å². The maximum Gasteiger partial charge on any atom is 0.311 e. The molecule has 0 aromatic heterocycles. The van der Waals surface area contributed by atoms with Crippen LogP contribution in [0.2, 0.25) is 0 Å². The number of hydrogen-bond donors (Lipinski definition) is 0. The Labute approximate surface area is 146 Å². The van der Waals surface area contributed by atoms with Gasteiger partial charge in [-0.3, -0.25) is 4.79 Å². The number of carbonyl (C=O) groups excluding carboxylic acids is 1. The zero-order chi connectivity index (χ0) is 18.2. The van der Waals surface area contributed by atoms with Crippen LogP contribution in [0.3, 0.4) is 0 Å². The van der Waals surface area contributed by atoms with Crippen molar-refractivity contribution in [1.29, 1.82) is 0 Å². The van der Waals surface area contributed by atoms with E-state index in [-0.39, 0.29) is 18.8 Å². The van der Waals surface area contributed by atoms with E-state index in [1.807, 2.05) is 6.08 Å².